The molecule has 0 unspecified atom stereocenters. The number of carbonyl (C=O) groups excluding carboxylic acids is 1. The number of methoxy groups -OCH3 is 1. The first-order valence-corrected chi connectivity index (χ1v) is 12.4. The van der Waals surface area contributed by atoms with Crippen LogP contribution in [0.4, 0.5) is 11.5 Å². The van der Waals surface area contributed by atoms with Gasteiger partial charge in [-0.15, -0.1) is 11.3 Å². The molecule has 176 valence electrons. The lowest BCUT2D eigenvalue weighted by Gasteiger charge is -2.36. The second-order valence-corrected chi connectivity index (χ2v) is 9.97. The van der Waals surface area contributed by atoms with Crippen LogP contribution in [0.3, 0.4) is 0 Å². The van der Waals surface area contributed by atoms with Crippen molar-refractivity contribution < 1.29 is 14.3 Å². The number of anilines is 2. The molecule has 5 heterocycles. The monoisotopic (exact) mass is 478 g/mol. The van der Waals surface area contributed by atoms with Crippen LogP contribution in [0, 0.1) is 5.92 Å². The molecule has 0 radical (unpaired) electrons. The molecule has 10 heteroatoms. The maximum atomic E-state index is 13.3. The summed E-state index contributed by atoms with van der Waals surface area (Å²) < 4.78 is 12.9. The average molecular weight is 479 g/mol. The van der Waals surface area contributed by atoms with E-state index in [1.54, 1.807) is 35.5 Å². The summed E-state index contributed by atoms with van der Waals surface area (Å²) in [6, 6.07) is 4.07. The maximum Gasteiger partial charge on any atom is 0.226 e. The van der Waals surface area contributed by atoms with Crippen molar-refractivity contribution in [2.24, 2.45) is 5.92 Å². The highest BCUT2D eigenvalue weighted by molar-refractivity contribution is 7.19. The Balaban J connectivity index is 1.32. The standard InChI is InChI=1S/C24H26N6O3S/c1-14-12-33-8-7-29(14)24(31)15-3-4-17-20(9-15)34-23-21(17)22(25-13-26-23)28-18-10-16-5-6-27-30(16)11-19(18)32-2/h5-6,10-11,13-15H,3-4,7-9,12H2,1-2H3,(H,25,26,28)/t14-,15-/m0/s1. The number of rotatable bonds is 4. The third-order valence-electron chi connectivity index (χ3n) is 6.82. The van der Waals surface area contributed by atoms with Gasteiger partial charge in [-0.25, -0.2) is 14.5 Å². The second-order valence-electron chi connectivity index (χ2n) is 8.88. The lowest BCUT2D eigenvalue weighted by molar-refractivity contribution is -0.143. The minimum absolute atomic E-state index is 0.00912. The van der Waals surface area contributed by atoms with Crippen molar-refractivity contribution in [1.82, 2.24) is 24.5 Å². The van der Waals surface area contributed by atoms with Gasteiger partial charge >= 0.3 is 0 Å². The Morgan fingerprint density at radius 3 is 3.12 bits per heavy atom. The fraction of sp³-hybridized carbons (Fsp3) is 0.417. The van der Waals surface area contributed by atoms with Crippen molar-refractivity contribution in [3.05, 3.63) is 41.3 Å². The molecule has 6 rings (SSSR count). The minimum Gasteiger partial charge on any atom is -0.493 e. The lowest BCUT2D eigenvalue weighted by atomic mass is 9.86. The summed E-state index contributed by atoms with van der Waals surface area (Å²) >= 11 is 1.68. The second kappa shape index (κ2) is 8.52. The van der Waals surface area contributed by atoms with Gasteiger partial charge in [0.1, 0.15) is 17.0 Å². The highest BCUT2D eigenvalue weighted by atomic mass is 32.1. The van der Waals surface area contributed by atoms with Gasteiger partial charge in [0.25, 0.3) is 0 Å². The maximum absolute atomic E-state index is 13.3. The third kappa shape index (κ3) is 3.57. The first-order valence-electron chi connectivity index (χ1n) is 11.5. The number of aromatic nitrogens is 4. The van der Waals surface area contributed by atoms with E-state index in [1.165, 1.54) is 10.4 Å². The van der Waals surface area contributed by atoms with Crippen molar-refractivity contribution >= 4 is 44.5 Å². The molecule has 4 aromatic rings. The van der Waals surface area contributed by atoms with Gasteiger partial charge < -0.3 is 19.7 Å². The first kappa shape index (κ1) is 21.3. The summed E-state index contributed by atoms with van der Waals surface area (Å²) in [6.45, 7) is 3.98. The predicted molar refractivity (Wildman–Crippen MR) is 130 cm³/mol. The number of morpholine rings is 1. The minimum atomic E-state index is 0.00912. The Kier molecular flexibility index (Phi) is 5.34. The van der Waals surface area contributed by atoms with E-state index in [2.05, 4.69) is 27.3 Å². The van der Waals surface area contributed by atoms with Crippen LogP contribution in [0.5, 0.6) is 5.75 Å². The molecule has 1 aliphatic carbocycles. The van der Waals surface area contributed by atoms with E-state index in [0.29, 0.717) is 25.5 Å². The molecule has 1 aliphatic heterocycles. The molecule has 0 aromatic carbocycles. The number of ether oxygens (including phenoxy) is 2. The molecule has 1 saturated heterocycles. The molecule has 2 atom stereocenters. The summed E-state index contributed by atoms with van der Waals surface area (Å²) in [5.41, 5.74) is 3.03. The van der Waals surface area contributed by atoms with Gasteiger partial charge in [-0.1, -0.05) is 0 Å². The molecule has 4 aromatic heterocycles. The zero-order valence-electron chi connectivity index (χ0n) is 19.2. The zero-order valence-corrected chi connectivity index (χ0v) is 20.0. The highest BCUT2D eigenvalue weighted by Gasteiger charge is 2.34. The van der Waals surface area contributed by atoms with Crippen LogP contribution in [0.1, 0.15) is 23.8 Å². The van der Waals surface area contributed by atoms with E-state index in [4.69, 9.17) is 9.47 Å². The number of nitrogens with zero attached hydrogens (tertiary/aromatic N) is 5. The summed E-state index contributed by atoms with van der Waals surface area (Å²) in [4.78, 5) is 26.6. The largest absolute Gasteiger partial charge is 0.493 e. The SMILES string of the molecule is COc1cn2nccc2cc1Nc1ncnc2sc3c(c12)CC[C@H](C(=O)N1CCOC[C@@H]1C)C3. The Morgan fingerprint density at radius 1 is 1.35 bits per heavy atom. The topological polar surface area (TPSA) is 93.9 Å². The van der Waals surface area contributed by atoms with Crippen molar-refractivity contribution in [1.29, 1.82) is 0 Å². The number of aryl methyl sites for hydroxylation is 1. The molecule has 1 fully saturated rings. The van der Waals surface area contributed by atoms with E-state index in [9.17, 15) is 4.79 Å². The highest BCUT2D eigenvalue weighted by Crippen LogP contribution is 2.41. The van der Waals surface area contributed by atoms with E-state index in [1.807, 2.05) is 23.2 Å². The first-order chi connectivity index (χ1) is 16.6. The van der Waals surface area contributed by atoms with Gasteiger partial charge in [0.15, 0.2) is 5.75 Å². The molecule has 9 nitrogen and oxygen atoms in total. The summed E-state index contributed by atoms with van der Waals surface area (Å²) in [7, 11) is 1.64. The van der Waals surface area contributed by atoms with Crippen LogP contribution in [0.15, 0.2) is 30.9 Å². The zero-order chi connectivity index (χ0) is 23.2. The smallest absolute Gasteiger partial charge is 0.226 e. The van der Waals surface area contributed by atoms with Gasteiger partial charge in [0, 0.05) is 23.5 Å². The van der Waals surface area contributed by atoms with Gasteiger partial charge in [0.2, 0.25) is 5.91 Å². The van der Waals surface area contributed by atoms with Gasteiger partial charge in [-0.2, -0.15) is 5.10 Å². The summed E-state index contributed by atoms with van der Waals surface area (Å²) in [6.07, 6.45) is 7.62. The fourth-order valence-electron chi connectivity index (χ4n) is 5.04. The van der Waals surface area contributed by atoms with E-state index in [-0.39, 0.29) is 17.9 Å². The molecule has 1 amide bonds. The van der Waals surface area contributed by atoms with Crippen molar-refractivity contribution in [3.8, 4) is 5.75 Å². The number of thiophene rings is 1. The number of fused-ring (bicyclic) bond motifs is 4. The van der Waals surface area contributed by atoms with Crippen LogP contribution in [0.25, 0.3) is 15.7 Å². The quantitative estimate of drug-likeness (QED) is 0.480. The molecule has 1 N–H and O–H groups in total. The van der Waals surface area contributed by atoms with Gasteiger partial charge in [-0.3, -0.25) is 4.79 Å². The molecule has 34 heavy (non-hydrogen) atoms. The number of amides is 1. The number of pyridine rings is 1. The Hall–Kier alpha value is -3.24. The molecule has 0 bridgehead atoms. The van der Waals surface area contributed by atoms with E-state index in [0.717, 1.165) is 46.5 Å². The van der Waals surface area contributed by atoms with Crippen LogP contribution >= 0.6 is 11.3 Å². The number of hydrogen-bond acceptors (Lipinski definition) is 8. The van der Waals surface area contributed by atoms with Crippen molar-refractivity contribution in [2.45, 2.75) is 32.2 Å². The molecular formula is C24H26N6O3S. The van der Waals surface area contributed by atoms with Crippen molar-refractivity contribution in [2.75, 3.05) is 32.2 Å². The van der Waals surface area contributed by atoms with E-state index >= 15 is 0 Å². The third-order valence-corrected chi connectivity index (χ3v) is 7.98. The number of hydrogen-bond donors (Lipinski definition) is 1. The Bertz CT molecular complexity index is 1380. The Morgan fingerprint density at radius 2 is 2.26 bits per heavy atom. The lowest BCUT2D eigenvalue weighted by Crippen LogP contribution is -2.50. The van der Waals surface area contributed by atoms with Gasteiger partial charge in [-0.05, 0) is 43.9 Å². The molecule has 0 saturated carbocycles. The summed E-state index contributed by atoms with van der Waals surface area (Å²) in [5.74, 6) is 1.70. The number of nitrogens with one attached hydrogen (secondary N) is 1. The number of carbonyl (C=O) groups is 1. The normalized spacial score (nSPS) is 20.5. The van der Waals surface area contributed by atoms with Crippen LogP contribution in [-0.2, 0) is 22.4 Å². The molecule has 2 aliphatic rings. The predicted octanol–water partition coefficient (Wildman–Crippen LogP) is 3.44. The van der Waals surface area contributed by atoms with Crippen LogP contribution in [0.2, 0.25) is 0 Å². The fourth-order valence-corrected chi connectivity index (χ4v) is 6.31. The summed E-state index contributed by atoms with van der Waals surface area (Å²) in [5, 5.41) is 8.80. The average Bonchev–Trinajstić information content (AvgIpc) is 3.47. The van der Waals surface area contributed by atoms with Gasteiger partial charge in [0.05, 0.1) is 49.2 Å². The van der Waals surface area contributed by atoms with E-state index < -0.39 is 0 Å². The molecule has 0 spiro atoms. The Labute approximate surface area is 200 Å². The van der Waals surface area contributed by atoms with Crippen LogP contribution in [-0.4, -0.2) is 63.3 Å². The van der Waals surface area contributed by atoms with Crippen LogP contribution < -0.4 is 10.1 Å². The van der Waals surface area contributed by atoms with Crippen molar-refractivity contribution in [3.63, 3.8) is 0 Å². The molecular weight excluding hydrogens is 452 g/mol.